The molecule has 2 N–H and O–H groups in total. The van der Waals surface area contributed by atoms with Gasteiger partial charge in [-0.1, -0.05) is 5.16 Å². The Hall–Kier alpha value is -0.940. The van der Waals surface area contributed by atoms with Crippen LogP contribution in [0.25, 0.3) is 0 Å². The monoisotopic (exact) mass is 213 g/mol. The van der Waals surface area contributed by atoms with E-state index >= 15 is 0 Å². The molecule has 1 aromatic rings. The van der Waals surface area contributed by atoms with Crippen molar-refractivity contribution in [2.45, 2.75) is 38.6 Å². The van der Waals surface area contributed by atoms with Gasteiger partial charge in [-0.2, -0.15) is 4.98 Å². The van der Waals surface area contributed by atoms with E-state index in [0.717, 1.165) is 38.1 Å². The maximum absolute atomic E-state index is 5.64. The molecule has 5 heteroatoms. The van der Waals surface area contributed by atoms with E-state index in [0.29, 0.717) is 5.89 Å². The highest BCUT2D eigenvalue weighted by molar-refractivity contribution is 4.87. The molecule has 5 nitrogen and oxygen atoms in total. The van der Waals surface area contributed by atoms with Gasteiger partial charge in [-0.05, 0) is 19.8 Å². The number of hydrogen-bond donors (Lipinski definition) is 1. The number of nitrogens with zero attached hydrogens (tertiary/aromatic N) is 2. The average Bonchev–Trinajstić information content (AvgIpc) is 2.63. The molecule has 1 heterocycles. The van der Waals surface area contributed by atoms with Gasteiger partial charge in [0, 0.05) is 32.6 Å². The van der Waals surface area contributed by atoms with Crippen molar-refractivity contribution in [3.05, 3.63) is 11.7 Å². The number of ether oxygens (including phenoxy) is 1. The maximum atomic E-state index is 5.64. The zero-order valence-corrected chi connectivity index (χ0v) is 9.40. The molecule has 0 spiro atoms. The first kappa shape index (κ1) is 12.1. The highest BCUT2D eigenvalue weighted by Crippen LogP contribution is 2.04. The van der Waals surface area contributed by atoms with Gasteiger partial charge in [0.2, 0.25) is 5.89 Å². The summed E-state index contributed by atoms with van der Waals surface area (Å²) in [4.78, 5) is 4.27. The standard InChI is InChI=1S/C10H19N3O2/c1-8(11)5-6-10-12-9(13-15-10)4-3-7-14-2/h8H,3-7,11H2,1-2H3. The normalized spacial score (nSPS) is 13.0. The Balaban J connectivity index is 2.29. The molecule has 1 atom stereocenters. The lowest BCUT2D eigenvalue weighted by atomic mass is 10.2. The molecule has 0 aliphatic rings. The average molecular weight is 213 g/mol. The van der Waals surface area contributed by atoms with Crippen molar-refractivity contribution in [2.24, 2.45) is 5.73 Å². The lowest BCUT2D eigenvalue weighted by Gasteiger charge is -1.99. The Bertz CT molecular complexity index is 273. The van der Waals surface area contributed by atoms with Crippen LogP contribution in [0.1, 0.15) is 31.5 Å². The Labute approximate surface area is 90.0 Å². The molecule has 0 saturated heterocycles. The summed E-state index contributed by atoms with van der Waals surface area (Å²) in [5.74, 6) is 1.44. The molecule has 0 bridgehead atoms. The SMILES string of the molecule is COCCCc1noc(CCC(C)N)n1. The zero-order chi connectivity index (χ0) is 11.1. The molecule has 0 fully saturated rings. The smallest absolute Gasteiger partial charge is 0.226 e. The fourth-order valence-electron chi connectivity index (χ4n) is 1.22. The molecule has 0 aliphatic carbocycles. The van der Waals surface area contributed by atoms with Crippen LogP contribution in [0.4, 0.5) is 0 Å². The summed E-state index contributed by atoms with van der Waals surface area (Å²) in [6.45, 7) is 2.69. The first-order valence-electron chi connectivity index (χ1n) is 5.28. The van der Waals surface area contributed by atoms with E-state index < -0.39 is 0 Å². The number of rotatable bonds is 7. The predicted octanol–water partition coefficient (Wildman–Crippen LogP) is 0.928. The quantitative estimate of drug-likeness (QED) is 0.682. The highest BCUT2D eigenvalue weighted by Gasteiger charge is 2.06. The van der Waals surface area contributed by atoms with Gasteiger partial charge >= 0.3 is 0 Å². The molecule has 86 valence electrons. The van der Waals surface area contributed by atoms with Crippen molar-refractivity contribution in [3.63, 3.8) is 0 Å². The molecule has 0 saturated carbocycles. The Morgan fingerprint density at radius 1 is 1.47 bits per heavy atom. The number of nitrogens with two attached hydrogens (primary N) is 1. The second-order valence-corrected chi connectivity index (χ2v) is 3.72. The fraction of sp³-hybridized carbons (Fsp3) is 0.800. The predicted molar refractivity (Wildman–Crippen MR) is 56.5 cm³/mol. The largest absolute Gasteiger partial charge is 0.385 e. The summed E-state index contributed by atoms with van der Waals surface area (Å²) in [5, 5.41) is 3.88. The van der Waals surface area contributed by atoms with Crippen LogP contribution in [0.15, 0.2) is 4.52 Å². The van der Waals surface area contributed by atoms with Crippen LogP contribution in [-0.2, 0) is 17.6 Å². The summed E-state index contributed by atoms with van der Waals surface area (Å²) in [5.41, 5.74) is 5.64. The molecule has 1 unspecified atom stereocenters. The number of aromatic nitrogens is 2. The summed E-state index contributed by atoms with van der Waals surface area (Å²) in [7, 11) is 1.68. The van der Waals surface area contributed by atoms with E-state index in [1.807, 2.05) is 6.92 Å². The van der Waals surface area contributed by atoms with Crippen LogP contribution in [-0.4, -0.2) is 29.9 Å². The van der Waals surface area contributed by atoms with Gasteiger partial charge in [-0.15, -0.1) is 0 Å². The lowest BCUT2D eigenvalue weighted by molar-refractivity contribution is 0.194. The third kappa shape index (κ3) is 4.90. The van der Waals surface area contributed by atoms with Crippen molar-refractivity contribution in [2.75, 3.05) is 13.7 Å². The molecule has 1 rings (SSSR count). The lowest BCUT2D eigenvalue weighted by Crippen LogP contribution is -2.15. The Kier molecular flexibility index (Phi) is 5.28. The molecule has 0 aliphatic heterocycles. The summed E-state index contributed by atoms with van der Waals surface area (Å²) < 4.78 is 10.0. The van der Waals surface area contributed by atoms with Gasteiger partial charge in [-0.3, -0.25) is 0 Å². The number of hydrogen-bond acceptors (Lipinski definition) is 5. The van der Waals surface area contributed by atoms with Crippen molar-refractivity contribution in [1.29, 1.82) is 0 Å². The van der Waals surface area contributed by atoms with Gasteiger partial charge < -0.3 is 15.0 Å². The van der Waals surface area contributed by atoms with E-state index in [1.54, 1.807) is 7.11 Å². The van der Waals surface area contributed by atoms with Crippen molar-refractivity contribution in [1.82, 2.24) is 10.1 Å². The molecule has 1 aromatic heterocycles. The minimum Gasteiger partial charge on any atom is -0.385 e. The van der Waals surface area contributed by atoms with Crippen LogP contribution < -0.4 is 5.73 Å². The first-order valence-corrected chi connectivity index (χ1v) is 5.28. The molecule has 0 amide bonds. The maximum Gasteiger partial charge on any atom is 0.226 e. The van der Waals surface area contributed by atoms with E-state index in [2.05, 4.69) is 10.1 Å². The molecule has 0 radical (unpaired) electrons. The fourth-order valence-corrected chi connectivity index (χ4v) is 1.22. The topological polar surface area (TPSA) is 74.2 Å². The van der Waals surface area contributed by atoms with Gasteiger partial charge in [0.25, 0.3) is 0 Å². The van der Waals surface area contributed by atoms with Crippen molar-refractivity contribution < 1.29 is 9.26 Å². The van der Waals surface area contributed by atoms with Crippen LogP contribution in [0.2, 0.25) is 0 Å². The molecule has 0 aromatic carbocycles. The van der Waals surface area contributed by atoms with Crippen molar-refractivity contribution >= 4 is 0 Å². The molecular formula is C10H19N3O2. The third-order valence-electron chi connectivity index (χ3n) is 2.07. The van der Waals surface area contributed by atoms with E-state index in [-0.39, 0.29) is 6.04 Å². The van der Waals surface area contributed by atoms with E-state index in [9.17, 15) is 0 Å². The summed E-state index contributed by atoms with van der Waals surface area (Å²) >= 11 is 0. The van der Waals surface area contributed by atoms with E-state index in [1.165, 1.54) is 0 Å². The third-order valence-corrected chi connectivity index (χ3v) is 2.07. The van der Waals surface area contributed by atoms with Gasteiger partial charge in [-0.25, -0.2) is 0 Å². The molecule has 15 heavy (non-hydrogen) atoms. The Morgan fingerprint density at radius 3 is 2.93 bits per heavy atom. The number of aryl methyl sites for hydroxylation is 2. The van der Waals surface area contributed by atoms with Crippen LogP contribution in [0.5, 0.6) is 0 Å². The minimum absolute atomic E-state index is 0.175. The minimum atomic E-state index is 0.175. The van der Waals surface area contributed by atoms with Gasteiger partial charge in [0.05, 0.1) is 0 Å². The second-order valence-electron chi connectivity index (χ2n) is 3.72. The number of methoxy groups -OCH3 is 1. The van der Waals surface area contributed by atoms with Crippen LogP contribution in [0.3, 0.4) is 0 Å². The van der Waals surface area contributed by atoms with Crippen LogP contribution in [0, 0.1) is 0 Å². The summed E-state index contributed by atoms with van der Waals surface area (Å²) in [6, 6.07) is 0.175. The van der Waals surface area contributed by atoms with Crippen LogP contribution >= 0.6 is 0 Å². The highest BCUT2D eigenvalue weighted by atomic mass is 16.5. The second kappa shape index (κ2) is 6.53. The van der Waals surface area contributed by atoms with E-state index in [4.69, 9.17) is 15.0 Å². The first-order chi connectivity index (χ1) is 7.22. The Morgan fingerprint density at radius 2 is 2.27 bits per heavy atom. The molecular weight excluding hydrogens is 194 g/mol. The zero-order valence-electron chi connectivity index (χ0n) is 9.40. The van der Waals surface area contributed by atoms with Gasteiger partial charge in [0.15, 0.2) is 5.82 Å². The summed E-state index contributed by atoms with van der Waals surface area (Å²) in [6.07, 6.45) is 3.35. The van der Waals surface area contributed by atoms with Crippen molar-refractivity contribution in [3.8, 4) is 0 Å². The van der Waals surface area contributed by atoms with Gasteiger partial charge in [0.1, 0.15) is 0 Å².